The second-order valence-electron chi connectivity index (χ2n) is 7.75. The Balaban J connectivity index is 2.01. The third-order valence-electron chi connectivity index (χ3n) is 5.69. The maximum absolute atomic E-state index is 15.0. The van der Waals surface area contributed by atoms with Crippen LogP contribution in [-0.4, -0.2) is 64.8 Å². The van der Waals surface area contributed by atoms with Crippen LogP contribution in [0.1, 0.15) is 10.4 Å². The van der Waals surface area contributed by atoms with Crippen molar-refractivity contribution in [1.82, 2.24) is 14.5 Å². The molecule has 1 fully saturated rings. The van der Waals surface area contributed by atoms with Crippen LogP contribution in [0.15, 0.2) is 29.2 Å². The molecule has 1 aromatic carbocycles. The molecule has 0 spiro atoms. The van der Waals surface area contributed by atoms with Crippen molar-refractivity contribution in [2.24, 2.45) is 5.73 Å². The van der Waals surface area contributed by atoms with E-state index < -0.39 is 51.2 Å². The molecular weight excluding hydrogens is 446 g/mol. The van der Waals surface area contributed by atoms with Crippen molar-refractivity contribution in [3.8, 4) is 5.69 Å². The number of likely N-dealkylation sites (N-methyl/N-ethyl adjacent to an activating group) is 1. The monoisotopic (exact) mass is 465 g/mol. The number of carbonyl (C=O) groups excluding carboxylic acids is 1. The zero-order chi connectivity index (χ0) is 24.0. The van der Waals surface area contributed by atoms with Crippen LogP contribution in [0.3, 0.4) is 0 Å². The Morgan fingerprint density at radius 2 is 1.82 bits per heavy atom. The predicted molar refractivity (Wildman–Crippen MR) is 111 cm³/mol. The Morgan fingerprint density at radius 1 is 1.15 bits per heavy atom. The van der Waals surface area contributed by atoms with E-state index in [1.807, 2.05) is 4.90 Å². The van der Waals surface area contributed by atoms with Gasteiger partial charge in [0.1, 0.15) is 17.1 Å². The maximum Gasteiger partial charge on any atom is 0.254 e. The lowest BCUT2D eigenvalue weighted by Gasteiger charge is -2.39. The molecule has 3 N–H and O–H groups in total. The van der Waals surface area contributed by atoms with Crippen LogP contribution in [0.4, 0.5) is 23.4 Å². The number of anilines is 1. The molecule has 3 heterocycles. The van der Waals surface area contributed by atoms with Crippen molar-refractivity contribution in [2.45, 2.75) is 6.04 Å². The van der Waals surface area contributed by atoms with Crippen LogP contribution in [0.5, 0.6) is 0 Å². The van der Waals surface area contributed by atoms with Crippen molar-refractivity contribution >= 4 is 22.8 Å². The van der Waals surface area contributed by atoms with Crippen LogP contribution < -0.4 is 16.1 Å². The van der Waals surface area contributed by atoms with Crippen LogP contribution in [0.2, 0.25) is 0 Å². The number of fused-ring (bicyclic) bond motifs is 1. The Bertz CT molecular complexity index is 1310. The summed E-state index contributed by atoms with van der Waals surface area (Å²) >= 11 is 0. The van der Waals surface area contributed by atoms with Crippen molar-refractivity contribution < 1.29 is 27.5 Å². The van der Waals surface area contributed by atoms with Crippen molar-refractivity contribution in [2.75, 3.05) is 38.2 Å². The topological polar surface area (TPSA) is 105 Å². The molecule has 2 aromatic heterocycles. The molecule has 0 radical (unpaired) electrons. The number of aliphatic hydroxyl groups is 1. The molecule has 1 amide bonds. The number of aliphatic hydroxyl groups excluding tert-OH is 1. The van der Waals surface area contributed by atoms with Gasteiger partial charge in [0, 0.05) is 38.0 Å². The summed E-state index contributed by atoms with van der Waals surface area (Å²) in [5.74, 6) is -6.17. The molecule has 3 aromatic rings. The largest absolute Gasteiger partial charge is 0.395 e. The molecule has 0 bridgehead atoms. The van der Waals surface area contributed by atoms with Gasteiger partial charge in [0.25, 0.3) is 5.91 Å². The SMILES string of the molecule is CN1CCN(c2nc3c(cc2F)c(=O)c(C(N)=O)cn3-c2c(F)cc(F)cc2F)CC1CO. The number of amides is 1. The van der Waals surface area contributed by atoms with E-state index in [-0.39, 0.29) is 30.7 Å². The van der Waals surface area contributed by atoms with Crippen LogP contribution in [-0.2, 0) is 0 Å². The molecule has 1 saturated heterocycles. The van der Waals surface area contributed by atoms with E-state index in [1.165, 1.54) is 4.90 Å². The van der Waals surface area contributed by atoms with Gasteiger partial charge >= 0.3 is 0 Å². The maximum atomic E-state index is 15.0. The van der Waals surface area contributed by atoms with Gasteiger partial charge in [-0.2, -0.15) is 0 Å². The zero-order valence-corrected chi connectivity index (χ0v) is 17.4. The number of piperazine rings is 1. The van der Waals surface area contributed by atoms with E-state index in [9.17, 15) is 27.9 Å². The molecule has 1 unspecified atom stereocenters. The van der Waals surface area contributed by atoms with Crippen molar-refractivity contribution in [3.63, 3.8) is 0 Å². The highest BCUT2D eigenvalue weighted by Gasteiger charge is 2.28. The standard InChI is InChI=1S/C21H19F4N5O3/c1-28-2-3-29(7-11(28)9-31)21-16(25)6-12-18(32)13(19(26)33)8-30(20(12)27-21)17-14(23)4-10(22)5-15(17)24/h4-6,8,11,31H,2-3,7,9H2,1H3,(H2,26,33). The highest BCUT2D eigenvalue weighted by molar-refractivity contribution is 5.96. The van der Waals surface area contributed by atoms with E-state index in [4.69, 9.17) is 5.73 Å². The Labute approximate surface area is 184 Å². The van der Waals surface area contributed by atoms with Crippen LogP contribution in [0.25, 0.3) is 16.7 Å². The fraction of sp³-hybridized carbons (Fsp3) is 0.286. The first-order valence-corrected chi connectivity index (χ1v) is 9.89. The fourth-order valence-corrected chi connectivity index (χ4v) is 3.88. The number of nitrogens with zero attached hydrogens (tertiary/aromatic N) is 4. The quantitative estimate of drug-likeness (QED) is 0.561. The summed E-state index contributed by atoms with van der Waals surface area (Å²) in [6.07, 6.45) is 0.793. The highest BCUT2D eigenvalue weighted by atomic mass is 19.1. The van der Waals surface area contributed by atoms with E-state index in [0.717, 1.165) is 16.8 Å². The lowest BCUT2D eigenvalue weighted by molar-refractivity contribution is 0.0999. The van der Waals surface area contributed by atoms with Crippen LogP contribution >= 0.6 is 0 Å². The summed E-state index contributed by atoms with van der Waals surface area (Å²) in [5, 5.41) is 9.14. The number of nitrogens with two attached hydrogens (primary N) is 1. The number of rotatable bonds is 4. The Morgan fingerprint density at radius 3 is 2.42 bits per heavy atom. The number of aromatic nitrogens is 2. The minimum Gasteiger partial charge on any atom is -0.395 e. The number of carbonyl (C=O) groups is 1. The second kappa shape index (κ2) is 8.45. The van der Waals surface area contributed by atoms with Gasteiger partial charge in [-0.25, -0.2) is 22.5 Å². The predicted octanol–water partition coefficient (Wildman–Crippen LogP) is 1.15. The summed E-state index contributed by atoms with van der Waals surface area (Å²) in [7, 11) is 1.80. The first-order chi connectivity index (χ1) is 15.6. The molecule has 1 aliphatic rings. The van der Waals surface area contributed by atoms with Crippen LogP contribution in [0, 0.1) is 23.3 Å². The first kappa shape index (κ1) is 22.7. The number of halogens is 4. The van der Waals surface area contributed by atoms with Gasteiger partial charge in [-0.3, -0.25) is 19.1 Å². The first-order valence-electron chi connectivity index (χ1n) is 9.89. The summed E-state index contributed by atoms with van der Waals surface area (Å²) in [6, 6.07) is 1.34. The normalized spacial score (nSPS) is 17.0. The average Bonchev–Trinajstić information content (AvgIpc) is 2.74. The molecule has 0 saturated carbocycles. The second-order valence-corrected chi connectivity index (χ2v) is 7.75. The lowest BCUT2D eigenvalue weighted by atomic mass is 10.1. The molecular formula is C21H19F4N5O3. The Kier molecular flexibility index (Phi) is 5.80. The third kappa shape index (κ3) is 3.91. The minimum atomic E-state index is -1.33. The zero-order valence-electron chi connectivity index (χ0n) is 17.4. The average molecular weight is 465 g/mol. The molecule has 4 rings (SSSR count). The van der Waals surface area contributed by atoms with E-state index in [1.54, 1.807) is 7.05 Å². The molecule has 174 valence electrons. The fourth-order valence-electron chi connectivity index (χ4n) is 3.88. The summed E-state index contributed by atoms with van der Waals surface area (Å²) < 4.78 is 58.4. The number of hydrogen-bond donors (Lipinski definition) is 2. The van der Waals surface area contributed by atoms with E-state index in [0.29, 0.717) is 25.2 Å². The molecule has 0 aliphatic carbocycles. The Hall–Kier alpha value is -3.51. The molecule has 8 nitrogen and oxygen atoms in total. The number of pyridine rings is 2. The van der Waals surface area contributed by atoms with Gasteiger partial charge in [0.05, 0.1) is 18.0 Å². The summed E-state index contributed by atoms with van der Waals surface area (Å²) in [5.41, 5.74) is 2.43. The third-order valence-corrected chi connectivity index (χ3v) is 5.69. The number of hydrogen-bond acceptors (Lipinski definition) is 6. The number of benzene rings is 1. The summed E-state index contributed by atoms with van der Waals surface area (Å²) in [4.78, 5) is 32.1. The summed E-state index contributed by atoms with van der Waals surface area (Å²) in [6.45, 7) is 0.802. The smallest absolute Gasteiger partial charge is 0.254 e. The molecule has 12 heteroatoms. The van der Waals surface area contributed by atoms with Crippen molar-refractivity contribution in [1.29, 1.82) is 0 Å². The molecule has 1 atom stereocenters. The molecule has 33 heavy (non-hydrogen) atoms. The van der Waals surface area contributed by atoms with Gasteiger partial charge in [0.15, 0.2) is 28.9 Å². The minimum absolute atomic E-state index is 0.194. The van der Waals surface area contributed by atoms with Gasteiger partial charge in [-0.05, 0) is 13.1 Å². The van der Waals surface area contributed by atoms with E-state index >= 15 is 4.39 Å². The highest BCUT2D eigenvalue weighted by Crippen LogP contribution is 2.27. The van der Waals surface area contributed by atoms with Gasteiger partial charge in [0.2, 0.25) is 5.43 Å². The van der Waals surface area contributed by atoms with Crippen molar-refractivity contribution in [3.05, 3.63) is 63.5 Å². The van der Waals surface area contributed by atoms with Gasteiger partial charge in [-0.1, -0.05) is 0 Å². The lowest BCUT2D eigenvalue weighted by Crippen LogP contribution is -2.53. The van der Waals surface area contributed by atoms with E-state index in [2.05, 4.69) is 4.98 Å². The molecule has 1 aliphatic heterocycles. The number of primary amides is 1. The van der Waals surface area contributed by atoms with Gasteiger partial charge < -0.3 is 15.7 Å². The van der Waals surface area contributed by atoms with Gasteiger partial charge in [-0.15, -0.1) is 0 Å².